The van der Waals surface area contributed by atoms with Crippen molar-refractivity contribution in [1.82, 2.24) is 9.88 Å². The molecule has 0 N–H and O–H groups in total. The van der Waals surface area contributed by atoms with Crippen molar-refractivity contribution in [2.45, 2.75) is 52.1 Å². The average Bonchev–Trinajstić information content (AvgIpc) is 3.30. The maximum absolute atomic E-state index is 12.7. The minimum absolute atomic E-state index is 0.163. The predicted molar refractivity (Wildman–Crippen MR) is 140 cm³/mol. The minimum Gasteiger partial charge on any atom is -0.461 e. The van der Waals surface area contributed by atoms with Gasteiger partial charge < -0.3 is 19.1 Å². The monoisotopic (exact) mass is 508 g/mol. The highest BCUT2D eigenvalue weighted by Crippen LogP contribution is 2.38. The fourth-order valence-electron chi connectivity index (χ4n) is 3.98. The van der Waals surface area contributed by atoms with E-state index in [2.05, 4.69) is 0 Å². The first-order chi connectivity index (χ1) is 17.2. The Bertz CT molecular complexity index is 1180. The van der Waals surface area contributed by atoms with Gasteiger partial charge in [-0.05, 0) is 82.5 Å². The number of carbonyl (C=O) groups is 2. The van der Waals surface area contributed by atoms with Gasteiger partial charge >= 0.3 is 12.1 Å². The summed E-state index contributed by atoms with van der Waals surface area (Å²) in [7, 11) is 0. The molecule has 0 spiro atoms. The van der Waals surface area contributed by atoms with E-state index in [1.54, 1.807) is 11.8 Å². The zero-order valence-corrected chi connectivity index (χ0v) is 22.0. The molecule has 2 heterocycles. The van der Waals surface area contributed by atoms with Crippen molar-refractivity contribution in [2.75, 3.05) is 19.7 Å². The number of ether oxygens (including phenoxy) is 3. The lowest BCUT2D eigenvalue weighted by atomic mass is 9.98. The van der Waals surface area contributed by atoms with Gasteiger partial charge in [0.05, 0.1) is 16.5 Å². The molecule has 1 aliphatic heterocycles. The highest BCUT2D eigenvalue weighted by atomic mass is 32.1. The normalized spacial score (nSPS) is 14.4. The molecule has 0 atom stereocenters. The van der Waals surface area contributed by atoms with E-state index in [-0.39, 0.29) is 18.6 Å². The number of carbonyl (C=O) groups excluding carboxylic acids is 2. The van der Waals surface area contributed by atoms with Crippen LogP contribution in [0.1, 0.15) is 62.0 Å². The van der Waals surface area contributed by atoms with Crippen molar-refractivity contribution in [3.05, 3.63) is 65.3 Å². The van der Waals surface area contributed by atoms with Crippen molar-refractivity contribution in [3.8, 4) is 21.9 Å². The molecule has 0 saturated carbocycles. The second-order valence-corrected chi connectivity index (χ2v) is 10.7. The molecule has 0 radical (unpaired) electrons. The van der Waals surface area contributed by atoms with Gasteiger partial charge in [0, 0.05) is 19.0 Å². The smallest absolute Gasteiger partial charge is 0.410 e. The van der Waals surface area contributed by atoms with Gasteiger partial charge in [-0.3, -0.25) is 0 Å². The number of hydrogen-bond donors (Lipinski definition) is 0. The Morgan fingerprint density at radius 2 is 1.64 bits per heavy atom. The highest BCUT2D eigenvalue weighted by molar-refractivity contribution is 7.15. The summed E-state index contributed by atoms with van der Waals surface area (Å²) in [6.45, 7) is 8.85. The molecule has 190 valence electrons. The van der Waals surface area contributed by atoms with Gasteiger partial charge in [-0.2, -0.15) is 0 Å². The molecule has 0 aliphatic carbocycles. The Balaban J connectivity index is 1.51. The number of rotatable bonds is 6. The Hall–Kier alpha value is -3.39. The van der Waals surface area contributed by atoms with E-state index in [0.29, 0.717) is 24.5 Å². The number of thiazole rings is 1. The lowest BCUT2D eigenvalue weighted by Gasteiger charge is -2.32. The van der Waals surface area contributed by atoms with Gasteiger partial charge in [-0.15, -0.1) is 11.3 Å². The number of likely N-dealkylation sites (tertiary alicyclic amines) is 1. The van der Waals surface area contributed by atoms with Crippen molar-refractivity contribution < 1.29 is 23.8 Å². The van der Waals surface area contributed by atoms with E-state index >= 15 is 0 Å². The average molecular weight is 509 g/mol. The summed E-state index contributed by atoms with van der Waals surface area (Å²) in [6.07, 6.45) is 1.24. The van der Waals surface area contributed by atoms with Crippen molar-refractivity contribution in [2.24, 2.45) is 0 Å². The van der Waals surface area contributed by atoms with Gasteiger partial charge in [0.1, 0.15) is 17.1 Å². The molecule has 3 aromatic rings. The van der Waals surface area contributed by atoms with Crippen LogP contribution in [0, 0.1) is 0 Å². The van der Waals surface area contributed by atoms with Crippen LogP contribution >= 0.6 is 11.3 Å². The maximum Gasteiger partial charge on any atom is 0.410 e. The summed E-state index contributed by atoms with van der Waals surface area (Å²) in [5, 5.41) is 0.890. The Kier molecular flexibility index (Phi) is 7.94. The first-order valence-corrected chi connectivity index (χ1v) is 13.0. The largest absolute Gasteiger partial charge is 0.461 e. The van der Waals surface area contributed by atoms with Crippen LogP contribution in [-0.4, -0.2) is 47.2 Å². The number of aromatic nitrogens is 1. The first kappa shape index (κ1) is 25.7. The number of hydrogen-bond acceptors (Lipinski definition) is 7. The van der Waals surface area contributed by atoms with E-state index in [1.165, 1.54) is 11.3 Å². The third-order valence-corrected chi connectivity index (χ3v) is 6.97. The standard InChI is InChI=1S/C28H32N2O5S/c1-5-33-26(31)23-24(19-11-13-22(14-12-19)34-21-9-7-6-8-10-21)36-25(29-23)20-15-17-30(18-16-20)27(32)35-28(2,3)4/h6-14,20H,5,15-18H2,1-4H3. The third-order valence-electron chi connectivity index (χ3n) is 5.70. The van der Waals surface area contributed by atoms with Crippen LogP contribution in [-0.2, 0) is 9.47 Å². The van der Waals surface area contributed by atoms with E-state index in [9.17, 15) is 9.59 Å². The van der Waals surface area contributed by atoms with E-state index < -0.39 is 11.6 Å². The fourth-order valence-corrected chi connectivity index (χ4v) is 5.21. The third kappa shape index (κ3) is 6.43. The Morgan fingerprint density at radius 1 is 1.00 bits per heavy atom. The number of esters is 1. The van der Waals surface area contributed by atoms with Crippen molar-refractivity contribution in [3.63, 3.8) is 0 Å². The number of nitrogens with zero attached hydrogens (tertiary/aromatic N) is 2. The summed E-state index contributed by atoms with van der Waals surface area (Å²) in [5.41, 5.74) is 0.700. The summed E-state index contributed by atoms with van der Waals surface area (Å²) >= 11 is 1.52. The minimum atomic E-state index is -0.519. The highest BCUT2D eigenvalue weighted by Gasteiger charge is 2.31. The molecular weight excluding hydrogens is 476 g/mol. The molecule has 7 nitrogen and oxygen atoms in total. The van der Waals surface area contributed by atoms with Crippen molar-refractivity contribution in [1.29, 1.82) is 0 Å². The van der Waals surface area contributed by atoms with Crippen LogP contribution in [0.15, 0.2) is 54.6 Å². The molecule has 1 saturated heterocycles. The summed E-state index contributed by atoms with van der Waals surface area (Å²) in [6, 6.07) is 17.2. The Morgan fingerprint density at radius 3 is 2.25 bits per heavy atom. The van der Waals surface area contributed by atoms with Crippen molar-refractivity contribution >= 4 is 23.4 Å². The lowest BCUT2D eigenvalue weighted by molar-refractivity contribution is 0.0204. The molecule has 0 bridgehead atoms. The van der Waals surface area contributed by atoms with Gasteiger partial charge in [-0.25, -0.2) is 14.6 Å². The van der Waals surface area contributed by atoms with Crippen LogP contribution < -0.4 is 4.74 Å². The molecule has 4 rings (SSSR count). The Labute approximate surface area is 216 Å². The number of para-hydroxylation sites is 1. The van der Waals surface area contributed by atoms with Crippen LogP contribution in [0.3, 0.4) is 0 Å². The first-order valence-electron chi connectivity index (χ1n) is 12.2. The summed E-state index contributed by atoms with van der Waals surface area (Å²) in [4.78, 5) is 32.4. The van der Waals surface area contributed by atoms with Gasteiger partial charge in [0.25, 0.3) is 0 Å². The van der Waals surface area contributed by atoms with E-state index in [0.717, 1.165) is 34.0 Å². The molecule has 1 aliphatic rings. The summed E-state index contributed by atoms with van der Waals surface area (Å²) in [5.74, 6) is 1.21. The second kappa shape index (κ2) is 11.1. The molecule has 1 amide bonds. The number of amides is 1. The number of piperidine rings is 1. The SMILES string of the molecule is CCOC(=O)c1nc(C2CCN(C(=O)OC(C)(C)C)CC2)sc1-c1ccc(Oc2ccccc2)cc1. The molecule has 0 unspecified atom stereocenters. The molecular formula is C28H32N2O5S. The summed E-state index contributed by atoms with van der Waals surface area (Å²) < 4.78 is 16.7. The second-order valence-electron chi connectivity index (χ2n) is 9.63. The van der Waals surface area contributed by atoms with Crippen LogP contribution in [0.2, 0.25) is 0 Å². The van der Waals surface area contributed by atoms with Crippen LogP contribution in [0.5, 0.6) is 11.5 Å². The molecule has 2 aromatic carbocycles. The van der Waals surface area contributed by atoms with Gasteiger partial charge in [0.15, 0.2) is 5.69 Å². The fraction of sp³-hybridized carbons (Fsp3) is 0.393. The van der Waals surface area contributed by atoms with E-state index in [4.69, 9.17) is 19.2 Å². The predicted octanol–water partition coefficient (Wildman–Crippen LogP) is 6.89. The molecule has 36 heavy (non-hydrogen) atoms. The maximum atomic E-state index is 12.7. The zero-order valence-electron chi connectivity index (χ0n) is 21.2. The molecule has 1 fully saturated rings. The molecule has 8 heteroatoms. The molecule has 1 aromatic heterocycles. The van der Waals surface area contributed by atoms with E-state index in [1.807, 2.05) is 75.4 Å². The number of benzene rings is 2. The topological polar surface area (TPSA) is 78.0 Å². The zero-order chi connectivity index (χ0) is 25.7. The lowest BCUT2D eigenvalue weighted by Crippen LogP contribution is -2.41. The van der Waals surface area contributed by atoms with Gasteiger partial charge in [-0.1, -0.05) is 18.2 Å². The quantitative estimate of drug-likeness (QED) is 0.337. The van der Waals surface area contributed by atoms with Crippen LogP contribution in [0.25, 0.3) is 10.4 Å². The van der Waals surface area contributed by atoms with Crippen LogP contribution in [0.4, 0.5) is 4.79 Å². The van der Waals surface area contributed by atoms with Gasteiger partial charge in [0.2, 0.25) is 0 Å².